The first-order chi connectivity index (χ1) is 8.22. The molecule has 1 aliphatic rings. The quantitative estimate of drug-likeness (QED) is 0.655. The Labute approximate surface area is 106 Å². The second kappa shape index (κ2) is 7.52. The number of piperidine rings is 1. The summed E-state index contributed by atoms with van der Waals surface area (Å²) in [6, 6.07) is 0. The Kier molecular flexibility index (Phi) is 6.31. The first-order valence-corrected chi connectivity index (χ1v) is 7.21. The van der Waals surface area contributed by atoms with Gasteiger partial charge >= 0.3 is 0 Å². The number of rotatable bonds is 6. The summed E-state index contributed by atoms with van der Waals surface area (Å²) in [6.07, 6.45) is 8.82. The Morgan fingerprint density at radius 3 is 2.18 bits per heavy atom. The number of carbonyl (C=O) groups excluding carboxylic acids is 1. The third-order valence-electron chi connectivity index (χ3n) is 3.78. The molecule has 2 nitrogen and oxygen atoms in total. The Morgan fingerprint density at radius 2 is 1.71 bits per heavy atom. The van der Waals surface area contributed by atoms with E-state index in [0.717, 1.165) is 37.9 Å². The molecular weight excluding hydrogens is 210 g/mol. The average molecular weight is 237 g/mol. The van der Waals surface area contributed by atoms with Crippen molar-refractivity contribution in [2.75, 3.05) is 13.1 Å². The van der Waals surface area contributed by atoms with E-state index in [1.807, 2.05) is 0 Å². The molecule has 17 heavy (non-hydrogen) atoms. The minimum atomic E-state index is 0.228. The molecule has 0 bridgehead atoms. The Morgan fingerprint density at radius 1 is 1.12 bits per heavy atom. The van der Waals surface area contributed by atoms with Crippen LogP contribution < -0.4 is 0 Å². The predicted molar refractivity (Wildman–Crippen MR) is 72.9 cm³/mol. The van der Waals surface area contributed by atoms with Gasteiger partial charge in [-0.25, -0.2) is 0 Å². The lowest BCUT2D eigenvalue weighted by atomic mass is 9.92. The summed E-state index contributed by atoms with van der Waals surface area (Å²) in [7, 11) is 0. The SMILES string of the molecule is CCC(=CN1CCCCC1)C(=O)C(CC)CC. The number of Topliss-reactive ketones (excluding diaryl/α,β-unsaturated/α-hetero) is 1. The molecule has 98 valence electrons. The van der Waals surface area contributed by atoms with Gasteiger partial charge in [-0.2, -0.15) is 0 Å². The predicted octanol–water partition coefficient (Wildman–Crippen LogP) is 3.77. The molecule has 0 saturated carbocycles. The standard InChI is InChI=1S/C15H27NO/c1-4-13(5-2)15(17)14(6-3)12-16-10-8-7-9-11-16/h12-13H,4-11H2,1-3H3. The van der Waals surface area contributed by atoms with Gasteiger partial charge in [-0.3, -0.25) is 4.79 Å². The van der Waals surface area contributed by atoms with E-state index in [9.17, 15) is 4.79 Å². The highest BCUT2D eigenvalue weighted by atomic mass is 16.1. The topological polar surface area (TPSA) is 20.3 Å². The van der Waals surface area contributed by atoms with Crippen LogP contribution in [0, 0.1) is 5.92 Å². The summed E-state index contributed by atoms with van der Waals surface area (Å²) in [5, 5.41) is 0. The number of allylic oxidation sites excluding steroid dienone is 1. The van der Waals surface area contributed by atoms with Crippen molar-refractivity contribution in [3.63, 3.8) is 0 Å². The monoisotopic (exact) mass is 237 g/mol. The summed E-state index contributed by atoms with van der Waals surface area (Å²) < 4.78 is 0. The third-order valence-corrected chi connectivity index (χ3v) is 3.78. The van der Waals surface area contributed by atoms with Crippen LogP contribution in [0.1, 0.15) is 59.3 Å². The highest BCUT2D eigenvalue weighted by Gasteiger charge is 2.18. The van der Waals surface area contributed by atoms with Crippen LogP contribution in [0.5, 0.6) is 0 Å². The van der Waals surface area contributed by atoms with Crippen molar-refractivity contribution in [3.05, 3.63) is 11.8 Å². The van der Waals surface area contributed by atoms with Crippen molar-refractivity contribution in [1.82, 2.24) is 4.90 Å². The molecule has 0 spiro atoms. The molecule has 0 atom stereocenters. The third kappa shape index (κ3) is 4.18. The molecule has 1 fully saturated rings. The van der Waals surface area contributed by atoms with Gasteiger partial charge in [0.25, 0.3) is 0 Å². The van der Waals surface area contributed by atoms with Gasteiger partial charge in [0.15, 0.2) is 5.78 Å². The number of hydrogen-bond acceptors (Lipinski definition) is 2. The zero-order valence-electron chi connectivity index (χ0n) is 11.7. The average Bonchev–Trinajstić information content (AvgIpc) is 2.38. The number of hydrogen-bond donors (Lipinski definition) is 0. The second-order valence-electron chi connectivity index (χ2n) is 4.98. The Bertz CT molecular complexity index is 260. The van der Waals surface area contributed by atoms with Crippen LogP contribution in [0.3, 0.4) is 0 Å². The molecule has 1 saturated heterocycles. The van der Waals surface area contributed by atoms with Gasteiger partial charge in [0.1, 0.15) is 0 Å². The molecule has 0 aromatic rings. The fourth-order valence-corrected chi connectivity index (χ4v) is 2.52. The van der Waals surface area contributed by atoms with Crippen LogP contribution in [0.4, 0.5) is 0 Å². The van der Waals surface area contributed by atoms with E-state index in [4.69, 9.17) is 0 Å². The first-order valence-electron chi connectivity index (χ1n) is 7.21. The summed E-state index contributed by atoms with van der Waals surface area (Å²) in [4.78, 5) is 14.7. The van der Waals surface area contributed by atoms with E-state index in [1.165, 1.54) is 19.3 Å². The molecule has 0 N–H and O–H groups in total. The van der Waals surface area contributed by atoms with Gasteiger partial charge in [-0.15, -0.1) is 0 Å². The van der Waals surface area contributed by atoms with Gasteiger partial charge in [-0.1, -0.05) is 20.8 Å². The van der Waals surface area contributed by atoms with Gasteiger partial charge in [0, 0.05) is 30.8 Å². The van der Waals surface area contributed by atoms with E-state index in [0.29, 0.717) is 5.78 Å². The number of likely N-dealkylation sites (tertiary alicyclic amines) is 1. The summed E-state index contributed by atoms with van der Waals surface area (Å²) in [5.74, 6) is 0.606. The summed E-state index contributed by atoms with van der Waals surface area (Å²) in [6.45, 7) is 8.57. The van der Waals surface area contributed by atoms with Crippen molar-refractivity contribution in [1.29, 1.82) is 0 Å². The zero-order chi connectivity index (χ0) is 12.7. The summed E-state index contributed by atoms with van der Waals surface area (Å²) >= 11 is 0. The highest BCUT2D eigenvalue weighted by Crippen LogP contribution is 2.19. The fraction of sp³-hybridized carbons (Fsp3) is 0.800. The number of carbonyl (C=O) groups is 1. The van der Waals surface area contributed by atoms with Crippen molar-refractivity contribution < 1.29 is 4.79 Å². The maximum absolute atomic E-state index is 12.3. The number of nitrogens with zero attached hydrogens (tertiary/aromatic N) is 1. The molecule has 0 aromatic carbocycles. The largest absolute Gasteiger partial charge is 0.377 e. The molecule has 2 heteroatoms. The maximum atomic E-state index is 12.3. The van der Waals surface area contributed by atoms with Crippen LogP contribution in [0.2, 0.25) is 0 Å². The first kappa shape index (κ1) is 14.3. The molecule has 0 radical (unpaired) electrons. The minimum absolute atomic E-state index is 0.228. The molecule has 1 heterocycles. The second-order valence-corrected chi connectivity index (χ2v) is 4.98. The lowest BCUT2D eigenvalue weighted by molar-refractivity contribution is -0.119. The molecule has 0 amide bonds. The lowest BCUT2D eigenvalue weighted by Crippen LogP contribution is -2.26. The molecule has 1 rings (SSSR count). The van der Waals surface area contributed by atoms with Crippen molar-refractivity contribution >= 4 is 5.78 Å². The molecule has 0 aliphatic carbocycles. The van der Waals surface area contributed by atoms with E-state index < -0.39 is 0 Å². The van der Waals surface area contributed by atoms with E-state index in [2.05, 4.69) is 31.9 Å². The van der Waals surface area contributed by atoms with Gasteiger partial charge in [0.2, 0.25) is 0 Å². The molecule has 0 aromatic heterocycles. The van der Waals surface area contributed by atoms with Crippen molar-refractivity contribution in [2.45, 2.75) is 59.3 Å². The van der Waals surface area contributed by atoms with Crippen LogP contribution in [0.15, 0.2) is 11.8 Å². The highest BCUT2D eigenvalue weighted by molar-refractivity contribution is 5.96. The Balaban J connectivity index is 2.67. The van der Waals surface area contributed by atoms with Crippen molar-refractivity contribution in [3.8, 4) is 0 Å². The molecule has 1 aliphatic heterocycles. The van der Waals surface area contributed by atoms with Gasteiger partial charge in [0.05, 0.1) is 0 Å². The van der Waals surface area contributed by atoms with E-state index in [-0.39, 0.29) is 5.92 Å². The van der Waals surface area contributed by atoms with E-state index >= 15 is 0 Å². The smallest absolute Gasteiger partial charge is 0.163 e. The fourth-order valence-electron chi connectivity index (χ4n) is 2.52. The van der Waals surface area contributed by atoms with Crippen molar-refractivity contribution in [2.24, 2.45) is 5.92 Å². The summed E-state index contributed by atoms with van der Waals surface area (Å²) in [5.41, 5.74) is 1.03. The Hall–Kier alpha value is -0.790. The minimum Gasteiger partial charge on any atom is -0.377 e. The van der Waals surface area contributed by atoms with Crippen LogP contribution in [-0.2, 0) is 4.79 Å². The maximum Gasteiger partial charge on any atom is 0.163 e. The molecular formula is C15H27NO. The lowest BCUT2D eigenvalue weighted by Gasteiger charge is -2.26. The van der Waals surface area contributed by atoms with Gasteiger partial charge in [-0.05, 0) is 38.5 Å². The van der Waals surface area contributed by atoms with Crippen LogP contribution in [0.25, 0.3) is 0 Å². The van der Waals surface area contributed by atoms with Gasteiger partial charge < -0.3 is 4.90 Å². The van der Waals surface area contributed by atoms with Crippen LogP contribution >= 0.6 is 0 Å². The zero-order valence-corrected chi connectivity index (χ0v) is 11.7. The molecule has 0 unspecified atom stereocenters. The number of ketones is 1. The van der Waals surface area contributed by atoms with Crippen LogP contribution in [-0.4, -0.2) is 23.8 Å². The van der Waals surface area contributed by atoms with E-state index in [1.54, 1.807) is 0 Å². The normalized spacial score (nSPS) is 17.6.